The van der Waals surface area contributed by atoms with Crippen molar-refractivity contribution in [2.75, 3.05) is 5.73 Å². The van der Waals surface area contributed by atoms with Gasteiger partial charge in [-0.15, -0.1) is 0 Å². The van der Waals surface area contributed by atoms with E-state index in [2.05, 4.69) is 9.97 Å². The Labute approximate surface area is 86.6 Å². The predicted molar refractivity (Wildman–Crippen MR) is 57.9 cm³/mol. The first-order chi connectivity index (χ1) is 7.00. The summed E-state index contributed by atoms with van der Waals surface area (Å²) in [5.41, 5.74) is 8.46. The lowest BCUT2D eigenvalue weighted by Gasteiger charge is -2.09. The fourth-order valence-corrected chi connectivity index (χ4v) is 1.66. The maximum atomic E-state index is 11.7. The summed E-state index contributed by atoms with van der Waals surface area (Å²) >= 11 is 0. The van der Waals surface area contributed by atoms with Crippen molar-refractivity contribution >= 4 is 11.6 Å². The van der Waals surface area contributed by atoms with Crippen molar-refractivity contribution in [1.82, 2.24) is 14.4 Å². The van der Waals surface area contributed by atoms with Gasteiger partial charge in [0, 0.05) is 5.69 Å². The van der Waals surface area contributed by atoms with E-state index in [1.165, 1.54) is 4.40 Å². The topological polar surface area (TPSA) is 73.3 Å². The Morgan fingerprint density at radius 3 is 2.53 bits per heavy atom. The fraction of sp³-hybridized carbons (Fsp3) is 0.300. The van der Waals surface area contributed by atoms with Crippen LogP contribution in [0.5, 0.6) is 0 Å². The van der Waals surface area contributed by atoms with Gasteiger partial charge in [-0.2, -0.15) is 9.97 Å². The molecule has 0 aliphatic heterocycles. The Morgan fingerprint density at radius 2 is 1.87 bits per heavy atom. The van der Waals surface area contributed by atoms with Gasteiger partial charge in [0.15, 0.2) is 0 Å². The average Bonchev–Trinajstić information content (AvgIpc) is 2.13. The van der Waals surface area contributed by atoms with Gasteiger partial charge in [0.25, 0.3) is 0 Å². The van der Waals surface area contributed by atoms with Crippen LogP contribution in [0.15, 0.2) is 10.9 Å². The Morgan fingerprint density at radius 1 is 1.20 bits per heavy atom. The largest absolute Gasteiger partial charge is 0.368 e. The summed E-state index contributed by atoms with van der Waals surface area (Å²) in [6, 6.07) is 1.98. The lowest BCUT2D eigenvalue weighted by atomic mass is 10.1. The Kier molecular flexibility index (Phi) is 1.96. The summed E-state index contributed by atoms with van der Waals surface area (Å²) in [4.78, 5) is 19.3. The number of aromatic nitrogens is 3. The van der Waals surface area contributed by atoms with Crippen LogP contribution in [-0.4, -0.2) is 14.4 Å². The molecule has 5 heteroatoms. The van der Waals surface area contributed by atoms with Crippen molar-refractivity contribution in [3.05, 3.63) is 33.4 Å². The van der Waals surface area contributed by atoms with Crippen molar-refractivity contribution in [3.63, 3.8) is 0 Å². The highest BCUT2D eigenvalue weighted by atomic mass is 16.1. The van der Waals surface area contributed by atoms with E-state index >= 15 is 0 Å². The minimum Gasteiger partial charge on any atom is -0.368 e. The number of hydrogen-bond acceptors (Lipinski definition) is 4. The van der Waals surface area contributed by atoms with E-state index in [-0.39, 0.29) is 11.6 Å². The van der Waals surface area contributed by atoms with E-state index < -0.39 is 0 Å². The average molecular weight is 204 g/mol. The molecular weight excluding hydrogens is 192 g/mol. The maximum absolute atomic E-state index is 11.7. The van der Waals surface area contributed by atoms with E-state index in [1.807, 2.05) is 26.8 Å². The number of nitrogens with two attached hydrogens (primary N) is 1. The van der Waals surface area contributed by atoms with Crippen LogP contribution >= 0.6 is 0 Å². The predicted octanol–water partition coefficient (Wildman–Crippen LogP) is 0.597. The molecule has 5 nitrogen and oxygen atoms in total. The number of nitrogens with zero attached hydrogens (tertiary/aromatic N) is 3. The third kappa shape index (κ3) is 1.36. The number of nitrogen functional groups attached to an aromatic ring is 1. The molecule has 0 saturated carbocycles. The quantitative estimate of drug-likeness (QED) is 0.681. The second kappa shape index (κ2) is 3.05. The summed E-state index contributed by atoms with van der Waals surface area (Å²) in [5, 5.41) is 0. The van der Waals surface area contributed by atoms with Gasteiger partial charge in [-0.25, -0.2) is 9.20 Å². The zero-order chi connectivity index (χ0) is 11.2. The lowest BCUT2D eigenvalue weighted by Crippen LogP contribution is -2.23. The summed E-state index contributed by atoms with van der Waals surface area (Å²) in [5.74, 6) is 0.0198. The number of hydrogen-bond donors (Lipinski definition) is 1. The van der Waals surface area contributed by atoms with Gasteiger partial charge in [0.2, 0.25) is 5.95 Å². The zero-order valence-corrected chi connectivity index (χ0v) is 8.90. The van der Waals surface area contributed by atoms with Gasteiger partial charge in [-0.3, -0.25) is 0 Å². The number of rotatable bonds is 0. The Balaban J connectivity index is 3.10. The number of fused-ring (bicyclic) bond motifs is 1. The third-order valence-corrected chi connectivity index (χ3v) is 2.53. The molecule has 2 aromatic heterocycles. The molecule has 0 unspecified atom stereocenters. The van der Waals surface area contributed by atoms with Crippen LogP contribution in [-0.2, 0) is 0 Å². The van der Waals surface area contributed by atoms with Crippen molar-refractivity contribution in [2.24, 2.45) is 0 Å². The molecule has 2 aromatic rings. The van der Waals surface area contributed by atoms with E-state index in [4.69, 9.17) is 5.73 Å². The molecule has 0 aromatic carbocycles. The molecule has 78 valence electrons. The van der Waals surface area contributed by atoms with Crippen molar-refractivity contribution < 1.29 is 0 Å². The second-order valence-corrected chi connectivity index (χ2v) is 3.62. The molecule has 0 radical (unpaired) electrons. The molecule has 0 amide bonds. The molecule has 0 saturated heterocycles. The van der Waals surface area contributed by atoms with E-state index in [0.29, 0.717) is 5.65 Å². The molecule has 0 spiro atoms. The minimum absolute atomic E-state index is 0.0198. The van der Waals surface area contributed by atoms with E-state index in [1.54, 1.807) is 0 Å². The molecule has 15 heavy (non-hydrogen) atoms. The third-order valence-electron chi connectivity index (χ3n) is 2.53. The lowest BCUT2D eigenvalue weighted by molar-refractivity contribution is 0.900. The molecule has 2 heterocycles. The van der Waals surface area contributed by atoms with Crippen molar-refractivity contribution in [2.45, 2.75) is 20.8 Å². The fourth-order valence-electron chi connectivity index (χ4n) is 1.66. The molecule has 0 fully saturated rings. The van der Waals surface area contributed by atoms with Gasteiger partial charge in [-0.05, 0) is 31.9 Å². The normalized spacial score (nSPS) is 10.9. The standard InChI is InChI=1S/C10H12N4O/c1-5-4-6(2)8-12-9(11)13-10(15)14(8)7(5)3/h4H,1-3H3,(H2,11,13,15). The van der Waals surface area contributed by atoms with E-state index in [9.17, 15) is 4.79 Å². The van der Waals surface area contributed by atoms with Gasteiger partial charge in [-0.1, -0.05) is 6.07 Å². The van der Waals surface area contributed by atoms with Crippen LogP contribution < -0.4 is 11.4 Å². The first-order valence-electron chi connectivity index (χ1n) is 4.64. The first-order valence-corrected chi connectivity index (χ1v) is 4.64. The summed E-state index contributed by atoms with van der Waals surface area (Å²) < 4.78 is 1.49. The first kappa shape index (κ1) is 9.64. The molecular formula is C10H12N4O. The summed E-state index contributed by atoms with van der Waals surface area (Å²) in [6.07, 6.45) is 0. The summed E-state index contributed by atoms with van der Waals surface area (Å²) in [6.45, 7) is 5.71. The monoisotopic (exact) mass is 204 g/mol. The Bertz CT molecular complexity index is 600. The number of anilines is 1. The van der Waals surface area contributed by atoms with Crippen LogP contribution in [0.2, 0.25) is 0 Å². The highest BCUT2D eigenvalue weighted by molar-refractivity contribution is 5.51. The molecule has 0 aliphatic carbocycles. The van der Waals surface area contributed by atoms with Crippen LogP contribution in [0.3, 0.4) is 0 Å². The maximum Gasteiger partial charge on any atom is 0.356 e. The summed E-state index contributed by atoms with van der Waals surface area (Å²) in [7, 11) is 0. The van der Waals surface area contributed by atoms with Gasteiger partial charge in [0.1, 0.15) is 5.65 Å². The molecule has 0 atom stereocenters. The SMILES string of the molecule is Cc1cc(C)c2nc(N)nc(=O)n2c1C. The van der Waals surface area contributed by atoms with Crippen molar-refractivity contribution in [3.8, 4) is 0 Å². The highest BCUT2D eigenvalue weighted by Crippen LogP contribution is 2.13. The molecule has 0 bridgehead atoms. The van der Waals surface area contributed by atoms with Crippen LogP contribution in [0.25, 0.3) is 5.65 Å². The smallest absolute Gasteiger partial charge is 0.356 e. The van der Waals surface area contributed by atoms with Crippen LogP contribution in [0.1, 0.15) is 16.8 Å². The zero-order valence-electron chi connectivity index (χ0n) is 8.90. The Hall–Kier alpha value is -1.91. The van der Waals surface area contributed by atoms with Gasteiger partial charge < -0.3 is 5.73 Å². The second-order valence-electron chi connectivity index (χ2n) is 3.62. The highest BCUT2D eigenvalue weighted by Gasteiger charge is 2.08. The van der Waals surface area contributed by atoms with Crippen LogP contribution in [0.4, 0.5) is 5.95 Å². The minimum atomic E-state index is -0.373. The van der Waals surface area contributed by atoms with Crippen molar-refractivity contribution in [1.29, 1.82) is 0 Å². The van der Waals surface area contributed by atoms with Gasteiger partial charge in [0.05, 0.1) is 0 Å². The number of aryl methyl sites for hydroxylation is 3. The van der Waals surface area contributed by atoms with Gasteiger partial charge >= 0.3 is 5.69 Å². The molecule has 2 rings (SSSR count). The van der Waals surface area contributed by atoms with Crippen LogP contribution in [0, 0.1) is 20.8 Å². The van der Waals surface area contributed by atoms with E-state index in [0.717, 1.165) is 16.8 Å². The molecule has 2 N–H and O–H groups in total. The number of pyridine rings is 1. The molecule has 0 aliphatic rings.